The van der Waals surface area contributed by atoms with E-state index < -0.39 is 0 Å². The summed E-state index contributed by atoms with van der Waals surface area (Å²) in [6.45, 7) is 4.00. The molecule has 0 aliphatic carbocycles. The standard InChI is InChI=1S/C17H18N2/c1-3-18-17-6-4-5-15(13-17)11-12-19-16-9-7-14(2)8-10-16/h3-10,12-13H,11H2,1-2H3. The SMILES string of the molecule is CC=Nc1cccc(CC=Nc2ccc(C)cc2)c1. The monoisotopic (exact) mass is 250 g/mol. The van der Waals surface area contributed by atoms with E-state index in [1.54, 1.807) is 6.21 Å². The van der Waals surface area contributed by atoms with Crippen molar-refractivity contribution in [1.82, 2.24) is 0 Å². The second-order valence-corrected chi connectivity index (χ2v) is 4.41. The van der Waals surface area contributed by atoms with Gasteiger partial charge >= 0.3 is 0 Å². The first-order chi connectivity index (χ1) is 9.28. The fourth-order valence-electron chi connectivity index (χ4n) is 1.80. The van der Waals surface area contributed by atoms with Crippen molar-refractivity contribution in [3.05, 3.63) is 59.7 Å². The van der Waals surface area contributed by atoms with Gasteiger partial charge in [-0.1, -0.05) is 29.8 Å². The first-order valence-corrected chi connectivity index (χ1v) is 6.45. The van der Waals surface area contributed by atoms with E-state index in [0.717, 1.165) is 17.8 Å². The molecule has 19 heavy (non-hydrogen) atoms. The molecule has 0 saturated heterocycles. The van der Waals surface area contributed by atoms with Gasteiger partial charge in [-0.3, -0.25) is 9.98 Å². The van der Waals surface area contributed by atoms with Gasteiger partial charge in [0.25, 0.3) is 0 Å². The average molecular weight is 250 g/mol. The van der Waals surface area contributed by atoms with Crippen LogP contribution >= 0.6 is 0 Å². The third-order valence-electron chi connectivity index (χ3n) is 2.79. The lowest BCUT2D eigenvalue weighted by Crippen LogP contribution is -1.85. The second-order valence-electron chi connectivity index (χ2n) is 4.41. The summed E-state index contributed by atoms with van der Waals surface area (Å²) in [4.78, 5) is 8.73. The van der Waals surface area contributed by atoms with Gasteiger partial charge in [-0.05, 0) is 43.7 Å². The molecule has 0 heterocycles. The normalized spacial score (nSPS) is 11.5. The largest absolute Gasteiger partial charge is 0.262 e. The van der Waals surface area contributed by atoms with Crippen molar-refractivity contribution in [2.75, 3.05) is 0 Å². The molecule has 2 aromatic rings. The van der Waals surface area contributed by atoms with E-state index in [1.165, 1.54) is 11.1 Å². The van der Waals surface area contributed by atoms with E-state index in [9.17, 15) is 0 Å². The molecule has 0 radical (unpaired) electrons. The lowest BCUT2D eigenvalue weighted by atomic mass is 10.1. The summed E-state index contributed by atoms with van der Waals surface area (Å²) in [5.74, 6) is 0. The van der Waals surface area contributed by atoms with Crippen LogP contribution in [0.1, 0.15) is 18.1 Å². The Morgan fingerprint density at radius 2 is 1.74 bits per heavy atom. The van der Waals surface area contributed by atoms with E-state index in [2.05, 4.69) is 41.2 Å². The minimum absolute atomic E-state index is 0.820. The Bertz CT molecular complexity index is 580. The maximum absolute atomic E-state index is 4.45. The summed E-state index contributed by atoms with van der Waals surface area (Å²) < 4.78 is 0. The number of nitrogens with zero attached hydrogens (tertiary/aromatic N) is 2. The number of hydrogen-bond acceptors (Lipinski definition) is 2. The molecule has 0 spiro atoms. The molecule has 0 aliphatic heterocycles. The van der Waals surface area contributed by atoms with Gasteiger partial charge in [0.2, 0.25) is 0 Å². The number of aryl methyl sites for hydroxylation is 1. The van der Waals surface area contributed by atoms with Crippen molar-refractivity contribution in [3.63, 3.8) is 0 Å². The van der Waals surface area contributed by atoms with Crippen molar-refractivity contribution in [1.29, 1.82) is 0 Å². The van der Waals surface area contributed by atoms with Crippen LogP contribution in [0.25, 0.3) is 0 Å². The van der Waals surface area contributed by atoms with Gasteiger partial charge < -0.3 is 0 Å². The van der Waals surface area contributed by atoms with Crippen LogP contribution in [0.3, 0.4) is 0 Å². The predicted molar refractivity (Wildman–Crippen MR) is 83.3 cm³/mol. The average Bonchev–Trinajstić information content (AvgIpc) is 2.42. The summed E-state index contributed by atoms with van der Waals surface area (Å²) in [6.07, 6.45) is 4.57. The molecule has 0 bridgehead atoms. The number of hydrogen-bond donors (Lipinski definition) is 0. The summed E-state index contributed by atoms with van der Waals surface area (Å²) in [5.41, 5.74) is 4.46. The zero-order chi connectivity index (χ0) is 13.5. The van der Waals surface area contributed by atoms with Crippen LogP contribution in [0.4, 0.5) is 11.4 Å². The highest BCUT2D eigenvalue weighted by molar-refractivity contribution is 5.67. The molecule has 0 saturated carbocycles. The molecule has 0 amide bonds. The van der Waals surface area contributed by atoms with Gasteiger partial charge in [0, 0.05) is 18.9 Å². The van der Waals surface area contributed by atoms with Gasteiger partial charge in [-0.25, -0.2) is 0 Å². The fourth-order valence-corrected chi connectivity index (χ4v) is 1.80. The summed E-state index contributed by atoms with van der Waals surface area (Å²) >= 11 is 0. The number of rotatable bonds is 4. The van der Waals surface area contributed by atoms with E-state index in [4.69, 9.17) is 0 Å². The van der Waals surface area contributed by atoms with Crippen LogP contribution in [0.15, 0.2) is 58.5 Å². The van der Waals surface area contributed by atoms with Crippen LogP contribution < -0.4 is 0 Å². The first-order valence-electron chi connectivity index (χ1n) is 6.45. The molecule has 0 atom stereocenters. The third-order valence-corrected chi connectivity index (χ3v) is 2.79. The van der Waals surface area contributed by atoms with Crippen molar-refractivity contribution >= 4 is 23.8 Å². The molecule has 2 heteroatoms. The van der Waals surface area contributed by atoms with E-state index in [1.807, 2.05) is 37.4 Å². The first kappa shape index (κ1) is 13.2. The van der Waals surface area contributed by atoms with E-state index >= 15 is 0 Å². The van der Waals surface area contributed by atoms with Crippen LogP contribution in [-0.2, 0) is 6.42 Å². The van der Waals surface area contributed by atoms with Crippen LogP contribution in [0.2, 0.25) is 0 Å². The second kappa shape index (κ2) is 6.64. The lowest BCUT2D eigenvalue weighted by molar-refractivity contribution is 1.33. The van der Waals surface area contributed by atoms with Crippen LogP contribution in [0, 0.1) is 6.92 Å². The Morgan fingerprint density at radius 3 is 2.47 bits per heavy atom. The fraction of sp³-hybridized carbons (Fsp3) is 0.176. The molecule has 0 aliphatic rings. The molecule has 0 fully saturated rings. The van der Waals surface area contributed by atoms with E-state index in [-0.39, 0.29) is 0 Å². The minimum atomic E-state index is 0.820. The highest BCUT2D eigenvalue weighted by Gasteiger charge is 1.93. The highest BCUT2D eigenvalue weighted by Crippen LogP contribution is 2.15. The van der Waals surface area contributed by atoms with Crippen LogP contribution in [-0.4, -0.2) is 12.4 Å². The molecule has 0 unspecified atom stereocenters. The number of aliphatic imine (C=N–C) groups is 2. The molecule has 0 N–H and O–H groups in total. The molecule has 2 nitrogen and oxygen atoms in total. The molecular formula is C17H18N2. The smallest absolute Gasteiger partial charge is 0.0628 e. The van der Waals surface area contributed by atoms with Crippen LogP contribution in [0.5, 0.6) is 0 Å². The third kappa shape index (κ3) is 4.18. The minimum Gasteiger partial charge on any atom is -0.262 e. The van der Waals surface area contributed by atoms with Crippen molar-refractivity contribution in [3.8, 4) is 0 Å². The molecule has 2 rings (SSSR count). The summed E-state index contributed by atoms with van der Waals surface area (Å²) in [7, 11) is 0. The van der Waals surface area contributed by atoms with Crippen molar-refractivity contribution < 1.29 is 0 Å². The zero-order valence-electron chi connectivity index (χ0n) is 11.4. The quantitative estimate of drug-likeness (QED) is 0.705. The highest BCUT2D eigenvalue weighted by atomic mass is 14.7. The Kier molecular flexibility index (Phi) is 4.62. The van der Waals surface area contributed by atoms with Gasteiger partial charge in [-0.15, -0.1) is 0 Å². The van der Waals surface area contributed by atoms with Crippen molar-refractivity contribution in [2.24, 2.45) is 9.98 Å². The molecule has 2 aromatic carbocycles. The Labute approximate surface area is 114 Å². The van der Waals surface area contributed by atoms with E-state index in [0.29, 0.717) is 0 Å². The predicted octanol–water partition coefficient (Wildman–Crippen LogP) is 4.66. The molecule has 96 valence electrons. The maximum Gasteiger partial charge on any atom is 0.0628 e. The maximum atomic E-state index is 4.45. The lowest BCUT2D eigenvalue weighted by Gasteiger charge is -1.98. The molecule has 0 aromatic heterocycles. The number of benzene rings is 2. The topological polar surface area (TPSA) is 24.7 Å². The van der Waals surface area contributed by atoms with Gasteiger partial charge in [0.05, 0.1) is 11.4 Å². The zero-order valence-corrected chi connectivity index (χ0v) is 11.4. The Balaban J connectivity index is 2.02. The Hall–Kier alpha value is -2.22. The van der Waals surface area contributed by atoms with Crippen molar-refractivity contribution in [2.45, 2.75) is 20.3 Å². The van der Waals surface area contributed by atoms with Gasteiger partial charge in [0.15, 0.2) is 0 Å². The molecular weight excluding hydrogens is 232 g/mol. The van der Waals surface area contributed by atoms with Gasteiger partial charge in [-0.2, -0.15) is 0 Å². The van der Waals surface area contributed by atoms with Gasteiger partial charge in [0.1, 0.15) is 0 Å². The Morgan fingerprint density at radius 1 is 0.947 bits per heavy atom. The summed E-state index contributed by atoms with van der Waals surface area (Å²) in [5, 5.41) is 0. The summed E-state index contributed by atoms with van der Waals surface area (Å²) in [6, 6.07) is 16.4.